The number of alkyl halides is 12. The molecule has 8 unspecified atom stereocenters. The van der Waals surface area contributed by atoms with Gasteiger partial charge in [0.15, 0.2) is 0 Å². The molecule has 0 heterocycles. The minimum Gasteiger partial charge on any atom is -0.171 e. The Bertz CT molecular complexity index is 826. The molecular weight excluding hydrogens is 636 g/mol. The molecule has 0 saturated heterocycles. The van der Waals surface area contributed by atoms with E-state index < -0.39 is 60.7 Å². The summed E-state index contributed by atoms with van der Waals surface area (Å²) in [6.07, 6.45) is -12.1. The van der Waals surface area contributed by atoms with Crippen molar-refractivity contribution >= 4 is 0 Å². The Labute approximate surface area is 268 Å². The van der Waals surface area contributed by atoms with Crippen LogP contribution in [-0.2, 0) is 0 Å². The maximum absolute atomic E-state index is 12.4. The third kappa shape index (κ3) is 13.9. The number of rotatable bonds is 0. The maximum Gasteiger partial charge on any atom is 0.392 e. The first kappa shape index (κ1) is 43.2. The van der Waals surface area contributed by atoms with Gasteiger partial charge in [0.25, 0.3) is 0 Å². The van der Waals surface area contributed by atoms with E-state index in [9.17, 15) is 52.7 Å². The molecule has 46 heavy (non-hydrogen) atoms. The van der Waals surface area contributed by atoms with Gasteiger partial charge < -0.3 is 0 Å². The van der Waals surface area contributed by atoms with Crippen LogP contribution < -0.4 is 0 Å². The fourth-order valence-electron chi connectivity index (χ4n) is 7.81. The van der Waals surface area contributed by atoms with E-state index in [-0.39, 0.29) is 36.5 Å². The average molecular weight is 693 g/mol. The number of hydrogen-bond acceptors (Lipinski definition) is 0. The summed E-state index contributed by atoms with van der Waals surface area (Å²) in [5.74, 6) is -3.15. The molecule has 0 spiro atoms. The molecule has 10 atom stereocenters. The molecule has 0 bridgehead atoms. The first-order chi connectivity index (χ1) is 20.7. The molecule has 4 rings (SSSR count). The fourth-order valence-corrected chi connectivity index (χ4v) is 7.81. The summed E-state index contributed by atoms with van der Waals surface area (Å²) >= 11 is 0. The van der Waals surface area contributed by atoms with E-state index >= 15 is 0 Å². The van der Waals surface area contributed by atoms with Gasteiger partial charge in [-0.2, -0.15) is 52.7 Å². The van der Waals surface area contributed by atoms with Crippen molar-refractivity contribution in [3.05, 3.63) is 0 Å². The van der Waals surface area contributed by atoms with E-state index in [1.807, 2.05) is 13.8 Å². The summed E-state index contributed by atoms with van der Waals surface area (Å²) in [6.45, 7) is 15.8. The Morgan fingerprint density at radius 1 is 0.348 bits per heavy atom. The Hall–Kier alpha value is -0.840. The van der Waals surface area contributed by atoms with Gasteiger partial charge in [-0.1, -0.05) is 81.1 Å². The molecule has 4 fully saturated rings. The highest BCUT2D eigenvalue weighted by atomic mass is 19.4. The number of hydrogen-bond donors (Lipinski definition) is 0. The van der Waals surface area contributed by atoms with Gasteiger partial charge in [0.2, 0.25) is 0 Å². The Kier molecular flexibility index (Phi) is 16.1. The molecule has 0 nitrogen and oxygen atoms in total. The van der Waals surface area contributed by atoms with Gasteiger partial charge >= 0.3 is 24.7 Å². The smallest absolute Gasteiger partial charge is 0.171 e. The first-order valence-corrected chi connectivity index (χ1v) is 16.9. The molecule has 0 aromatic heterocycles. The van der Waals surface area contributed by atoms with Gasteiger partial charge in [0, 0.05) is 0 Å². The lowest BCUT2D eigenvalue weighted by atomic mass is 9.73. The zero-order valence-corrected chi connectivity index (χ0v) is 28.5. The molecular formula is C34H56F12. The van der Waals surface area contributed by atoms with Crippen molar-refractivity contribution in [1.82, 2.24) is 0 Å². The standard InChI is InChI=1S/C9H12F6.C9H15F3.C8H13F3.C8H16/c1-5-2-6(8(10,11)12)4-7(3-5)9(13,14)15;1-6-4-3-5-8(7(6)2)9(10,11)12;1-5-3-6(2)7(4-5)8(9,10)11;1-6-4-5-7(2)8(6)3/h5-7H,2-4H2,1H3;6-8H,3-5H2,1-2H3;5-7H,3-4H2,1-2H3;6-8H,4-5H2,1-3H3/t;6?,7-,8?;5-,6?,7?;/m.10./s1. The number of halogens is 12. The third-order valence-corrected chi connectivity index (χ3v) is 11.4. The molecule has 4 aliphatic carbocycles. The minimum absolute atomic E-state index is 0.176. The topological polar surface area (TPSA) is 0 Å². The highest BCUT2D eigenvalue weighted by Crippen LogP contribution is 2.48. The zero-order valence-electron chi connectivity index (χ0n) is 28.5. The zero-order chi connectivity index (χ0) is 36.0. The summed E-state index contributed by atoms with van der Waals surface area (Å²) in [5, 5.41) is 0. The van der Waals surface area contributed by atoms with E-state index in [2.05, 4.69) is 20.8 Å². The fraction of sp³-hybridized carbons (Fsp3) is 1.00. The second-order valence-electron chi connectivity index (χ2n) is 15.3. The van der Waals surface area contributed by atoms with Crippen LogP contribution in [0.3, 0.4) is 0 Å². The summed E-state index contributed by atoms with van der Waals surface area (Å²) < 4.78 is 148. The molecule has 0 radical (unpaired) electrons. The van der Waals surface area contributed by atoms with Crippen molar-refractivity contribution in [2.45, 2.75) is 144 Å². The SMILES string of the molecule is CC1CC(C(F)(F)F)CC(C(F)(F)F)C1.CC1CCC(C)C1C.CC1CCCC(C(F)(F)F)[C@@H]1C.CC1C[C@H](C)CC1C(F)(F)F. The van der Waals surface area contributed by atoms with Crippen LogP contribution in [-0.4, -0.2) is 24.7 Å². The quantitative estimate of drug-likeness (QED) is 0.222. The van der Waals surface area contributed by atoms with Crippen molar-refractivity contribution in [3.63, 3.8) is 0 Å². The predicted octanol–water partition coefficient (Wildman–Crippen LogP) is 13.7. The molecule has 0 aromatic rings. The normalized spacial score (nSPS) is 38.9. The lowest BCUT2D eigenvalue weighted by molar-refractivity contribution is -0.227. The van der Waals surface area contributed by atoms with Crippen molar-refractivity contribution in [3.8, 4) is 0 Å². The molecule has 0 aliphatic heterocycles. The van der Waals surface area contributed by atoms with Gasteiger partial charge in [-0.3, -0.25) is 0 Å². The Morgan fingerprint density at radius 3 is 1.00 bits per heavy atom. The van der Waals surface area contributed by atoms with Crippen molar-refractivity contribution in [2.24, 2.45) is 71.0 Å². The Morgan fingerprint density at radius 2 is 0.739 bits per heavy atom. The van der Waals surface area contributed by atoms with Crippen LogP contribution in [0.1, 0.15) is 120 Å². The van der Waals surface area contributed by atoms with Gasteiger partial charge in [-0.05, 0) is 85.9 Å². The van der Waals surface area contributed by atoms with Crippen LogP contribution in [0, 0.1) is 71.0 Å². The third-order valence-electron chi connectivity index (χ3n) is 11.4. The van der Waals surface area contributed by atoms with E-state index in [1.165, 1.54) is 19.8 Å². The molecule has 0 N–H and O–H groups in total. The van der Waals surface area contributed by atoms with E-state index in [1.54, 1.807) is 13.8 Å². The van der Waals surface area contributed by atoms with Gasteiger partial charge in [0.05, 0.1) is 23.7 Å². The van der Waals surface area contributed by atoms with Crippen LogP contribution in [0.2, 0.25) is 0 Å². The minimum atomic E-state index is -4.50. The summed E-state index contributed by atoms with van der Waals surface area (Å²) in [4.78, 5) is 0. The first-order valence-electron chi connectivity index (χ1n) is 16.9. The molecule has 0 amide bonds. The van der Waals surface area contributed by atoms with Crippen molar-refractivity contribution in [1.29, 1.82) is 0 Å². The summed E-state index contributed by atoms with van der Waals surface area (Å²) in [5.41, 5.74) is 0. The maximum atomic E-state index is 12.4. The average Bonchev–Trinajstić information content (AvgIpc) is 3.39. The molecule has 276 valence electrons. The van der Waals surface area contributed by atoms with Crippen molar-refractivity contribution < 1.29 is 52.7 Å². The Balaban J connectivity index is 0.000000313. The lowest BCUT2D eigenvalue weighted by Gasteiger charge is -2.35. The molecule has 12 heteroatoms. The van der Waals surface area contributed by atoms with Crippen LogP contribution in [0.25, 0.3) is 0 Å². The monoisotopic (exact) mass is 692 g/mol. The van der Waals surface area contributed by atoms with Crippen LogP contribution in [0.15, 0.2) is 0 Å². The van der Waals surface area contributed by atoms with Gasteiger partial charge in [0.1, 0.15) is 0 Å². The van der Waals surface area contributed by atoms with Crippen LogP contribution >= 0.6 is 0 Å². The molecule has 0 aromatic carbocycles. The van der Waals surface area contributed by atoms with Crippen LogP contribution in [0.4, 0.5) is 52.7 Å². The summed E-state index contributed by atoms with van der Waals surface area (Å²) in [7, 11) is 0. The van der Waals surface area contributed by atoms with E-state index in [0.29, 0.717) is 12.8 Å². The predicted molar refractivity (Wildman–Crippen MR) is 158 cm³/mol. The lowest BCUT2D eigenvalue weighted by Crippen LogP contribution is -2.37. The van der Waals surface area contributed by atoms with Gasteiger partial charge in [-0.25, -0.2) is 0 Å². The molecule has 4 aliphatic rings. The van der Waals surface area contributed by atoms with Crippen molar-refractivity contribution in [2.75, 3.05) is 0 Å². The van der Waals surface area contributed by atoms with E-state index in [4.69, 9.17) is 0 Å². The largest absolute Gasteiger partial charge is 0.392 e. The van der Waals surface area contributed by atoms with E-state index in [0.717, 1.165) is 37.0 Å². The van der Waals surface area contributed by atoms with Gasteiger partial charge in [-0.15, -0.1) is 0 Å². The second-order valence-corrected chi connectivity index (χ2v) is 15.3. The van der Waals surface area contributed by atoms with Crippen LogP contribution in [0.5, 0.6) is 0 Å². The molecule has 4 saturated carbocycles. The highest BCUT2D eigenvalue weighted by molar-refractivity contribution is 4.85. The summed E-state index contributed by atoms with van der Waals surface area (Å²) in [6, 6.07) is 0. The highest BCUT2D eigenvalue weighted by Gasteiger charge is 2.51. The second kappa shape index (κ2) is 17.2.